The van der Waals surface area contributed by atoms with Crippen LogP contribution < -0.4 is 14.8 Å². The number of carboxylic acids is 1. The Bertz CT molecular complexity index is 453. The van der Waals surface area contributed by atoms with E-state index >= 15 is 0 Å². The third kappa shape index (κ3) is 2.26. The quantitative estimate of drug-likeness (QED) is 0.848. The van der Waals surface area contributed by atoms with Gasteiger partial charge in [0.05, 0.1) is 14.2 Å². The molecular weight excluding hydrogens is 234 g/mol. The first-order valence-electron chi connectivity index (χ1n) is 5.87. The molecule has 1 aliphatic heterocycles. The summed E-state index contributed by atoms with van der Waals surface area (Å²) < 4.78 is 10.3. The van der Waals surface area contributed by atoms with Crippen molar-refractivity contribution in [1.29, 1.82) is 0 Å². The Morgan fingerprint density at radius 3 is 2.67 bits per heavy atom. The molecule has 1 atom stereocenters. The van der Waals surface area contributed by atoms with E-state index in [1.165, 1.54) is 14.2 Å². The molecule has 2 N–H and O–H groups in total. The average Bonchev–Trinajstić information content (AvgIpc) is 2.90. The Kier molecular flexibility index (Phi) is 3.72. The molecule has 1 heterocycles. The number of methoxy groups -OCH3 is 2. The van der Waals surface area contributed by atoms with Gasteiger partial charge in [-0.25, -0.2) is 4.79 Å². The van der Waals surface area contributed by atoms with E-state index in [0.717, 1.165) is 25.1 Å². The molecule has 0 aromatic heterocycles. The van der Waals surface area contributed by atoms with Gasteiger partial charge in [-0.15, -0.1) is 0 Å². The number of benzene rings is 1. The molecule has 1 saturated heterocycles. The smallest absolute Gasteiger partial charge is 0.339 e. The molecule has 2 rings (SSSR count). The van der Waals surface area contributed by atoms with Gasteiger partial charge in [0.2, 0.25) is 0 Å². The van der Waals surface area contributed by atoms with E-state index in [4.69, 9.17) is 9.47 Å². The molecule has 1 aromatic rings. The summed E-state index contributed by atoms with van der Waals surface area (Å²) in [6.07, 6.45) is 1.01. The number of nitrogens with one attached hydrogen (secondary N) is 1. The topological polar surface area (TPSA) is 67.8 Å². The lowest BCUT2D eigenvalue weighted by Crippen LogP contribution is -2.10. The zero-order valence-corrected chi connectivity index (χ0v) is 10.5. The van der Waals surface area contributed by atoms with Crippen molar-refractivity contribution < 1.29 is 19.4 Å². The van der Waals surface area contributed by atoms with Gasteiger partial charge in [-0.05, 0) is 36.6 Å². The van der Waals surface area contributed by atoms with Gasteiger partial charge in [0.25, 0.3) is 0 Å². The van der Waals surface area contributed by atoms with Crippen LogP contribution in [-0.4, -0.2) is 38.4 Å². The number of hydrogen-bond acceptors (Lipinski definition) is 4. The standard InChI is InChI=1S/C13H17NO4/c1-17-11-6-9(8-3-4-14-7-8)5-10(13(15)16)12(11)18-2/h5-6,8,14H,3-4,7H2,1-2H3,(H,15,16). The van der Waals surface area contributed by atoms with Crippen LogP contribution in [0.1, 0.15) is 28.3 Å². The van der Waals surface area contributed by atoms with E-state index in [-0.39, 0.29) is 11.3 Å². The third-order valence-corrected chi connectivity index (χ3v) is 3.26. The van der Waals surface area contributed by atoms with Gasteiger partial charge in [-0.1, -0.05) is 0 Å². The largest absolute Gasteiger partial charge is 0.493 e. The summed E-state index contributed by atoms with van der Waals surface area (Å²) >= 11 is 0. The van der Waals surface area contributed by atoms with Crippen LogP contribution >= 0.6 is 0 Å². The zero-order valence-electron chi connectivity index (χ0n) is 10.5. The molecular formula is C13H17NO4. The summed E-state index contributed by atoms with van der Waals surface area (Å²) in [5, 5.41) is 12.5. The van der Waals surface area contributed by atoms with Gasteiger partial charge in [0.1, 0.15) is 5.56 Å². The highest BCUT2D eigenvalue weighted by Gasteiger charge is 2.23. The van der Waals surface area contributed by atoms with E-state index in [0.29, 0.717) is 11.7 Å². The van der Waals surface area contributed by atoms with E-state index in [2.05, 4.69) is 5.32 Å². The Morgan fingerprint density at radius 1 is 1.39 bits per heavy atom. The SMILES string of the molecule is COc1cc(C2CCNC2)cc(C(=O)O)c1OC. The molecule has 0 aliphatic carbocycles. The van der Waals surface area contributed by atoms with Gasteiger partial charge in [0.15, 0.2) is 11.5 Å². The van der Waals surface area contributed by atoms with Gasteiger partial charge in [-0.3, -0.25) is 0 Å². The van der Waals surface area contributed by atoms with Gasteiger partial charge >= 0.3 is 5.97 Å². The first kappa shape index (κ1) is 12.7. The monoisotopic (exact) mass is 251 g/mol. The molecule has 1 fully saturated rings. The van der Waals surface area contributed by atoms with Gasteiger partial charge in [0, 0.05) is 6.54 Å². The molecule has 0 radical (unpaired) electrons. The van der Waals surface area contributed by atoms with Crippen molar-refractivity contribution in [2.24, 2.45) is 0 Å². The molecule has 0 saturated carbocycles. The van der Waals surface area contributed by atoms with Gasteiger partial charge in [-0.2, -0.15) is 0 Å². The van der Waals surface area contributed by atoms with Crippen molar-refractivity contribution in [1.82, 2.24) is 5.32 Å². The van der Waals surface area contributed by atoms with Crippen LogP contribution in [0.25, 0.3) is 0 Å². The van der Waals surface area contributed by atoms with Crippen LogP contribution in [0.4, 0.5) is 0 Å². The van der Waals surface area contributed by atoms with E-state index in [1.54, 1.807) is 6.07 Å². The first-order valence-corrected chi connectivity index (χ1v) is 5.87. The highest BCUT2D eigenvalue weighted by atomic mass is 16.5. The lowest BCUT2D eigenvalue weighted by Gasteiger charge is -2.15. The second-order valence-corrected chi connectivity index (χ2v) is 4.30. The molecule has 0 amide bonds. The number of carboxylic acid groups (broad SMARTS) is 1. The van der Waals surface area contributed by atoms with Crippen LogP contribution in [0.3, 0.4) is 0 Å². The number of carbonyl (C=O) groups is 1. The van der Waals surface area contributed by atoms with Crippen LogP contribution in [-0.2, 0) is 0 Å². The summed E-state index contributed by atoms with van der Waals surface area (Å²) in [4.78, 5) is 11.3. The summed E-state index contributed by atoms with van der Waals surface area (Å²) in [6.45, 7) is 1.83. The summed E-state index contributed by atoms with van der Waals surface area (Å²) in [5.41, 5.74) is 1.13. The number of ether oxygens (including phenoxy) is 2. The molecule has 18 heavy (non-hydrogen) atoms. The van der Waals surface area contributed by atoms with E-state index < -0.39 is 5.97 Å². The van der Waals surface area contributed by atoms with Gasteiger partial charge < -0.3 is 19.9 Å². The zero-order chi connectivity index (χ0) is 13.1. The van der Waals surface area contributed by atoms with Crippen molar-refractivity contribution in [3.05, 3.63) is 23.3 Å². The van der Waals surface area contributed by atoms with Crippen LogP contribution in [0, 0.1) is 0 Å². The lowest BCUT2D eigenvalue weighted by atomic mass is 9.95. The van der Waals surface area contributed by atoms with Crippen molar-refractivity contribution in [3.63, 3.8) is 0 Å². The molecule has 1 aromatic carbocycles. The maximum Gasteiger partial charge on any atom is 0.339 e. The minimum atomic E-state index is -1.00. The van der Waals surface area contributed by atoms with Crippen molar-refractivity contribution in [2.75, 3.05) is 27.3 Å². The van der Waals surface area contributed by atoms with Crippen molar-refractivity contribution in [2.45, 2.75) is 12.3 Å². The molecule has 0 bridgehead atoms. The summed E-state index contributed by atoms with van der Waals surface area (Å²) in [5.74, 6) is 0.0832. The summed E-state index contributed by atoms with van der Waals surface area (Å²) in [7, 11) is 2.96. The number of hydrogen-bond donors (Lipinski definition) is 2. The summed E-state index contributed by atoms with van der Waals surface area (Å²) in [6, 6.07) is 3.55. The number of rotatable bonds is 4. The maximum atomic E-state index is 11.3. The van der Waals surface area contributed by atoms with E-state index in [9.17, 15) is 9.90 Å². The lowest BCUT2D eigenvalue weighted by molar-refractivity contribution is 0.0692. The fourth-order valence-electron chi connectivity index (χ4n) is 2.32. The van der Waals surface area contributed by atoms with Crippen LogP contribution in [0.2, 0.25) is 0 Å². The molecule has 5 nitrogen and oxygen atoms in total. The molecule has 1 unspecified atom stereocenters. The third-order valence-electron chi connectivity index (χ3n) is 3.26. The molecule has 0 spiro atoms. The highest BCUT2D eigenvalue weighted by Crippen LogP contribution is 2.36. The highest BCUT2D eigenvalue weighted by molar-refractivity contribution is 5.92. The molecule has 1 aliphatic rings. The second-order valence-electron chi connectivity index (χ2n) is 4.30. The minimum Gasteiger partial charge on any atom is -0.493 e. The Balaban J connectivity index is 2.49. The minimum absolute atomic E-state index is 0.152. The van der Waals surface area contributed by atoms with Crippen molar-refractivity contribution >= 4 is 5.97 Å². The second kappa shape index (κ2) is 5.27. The van der Waals surface area contributed by atoms with Crippen LogP contribution in [0.5, 0.6) is 11.5 Å². The first-order chi connectivity index (χ1) is 8.67. The Hall–Kier alpha value is -1.75. The average molecular weight is 251 g/mol. The van der Waals surface area contributed by atoms with E-state index in [1.807, 2.05) is 6.07 Å². The predicted octanol–water partition coefficient (Wildman–Crippen LogP) is 1.48. The van der Waals surface area contributed by atoms with Crippen LogP contribution in [0.15, 0.2) is 12.1 Å². The molecule has 98 valence electrons. The number of aromatic carboxylic acids is 1. The molecule has 5 heteroatoms. The fraction of sp³-hybridized carbons (Fsp3) is 0.462. The Morgan fingerprint density at radius 2 is 2.17 bits per heavy atom. The normalized spacial score (nSPS) is 18.7. The predicted molar refractivity (Wildman–Crippen MR) is 66.7 cm³/mol. The Labute approximate surface area is 106 Å². The van der Waals surface area contributed by atoms with Crippen molar-refractivity contribution in [3.8, 4) is 11.5 Å². The fourth-order valence-corrected chi connectivity index (χ4v) is 2.32. The maximum absolute atomic E-state index is 11.3.